The molecule has 0 atom stereocenters. The summed E-state index contributed by atoms with van der Waals surface area (Å²) < 4.78 is 0. The van der Waals surface area contributed by atoms with Crippen LogP contribution in [0.3, 0.4) is 0 Å². The van der Waals surface area contributed by atoms with Crippen LogP contribution in [0.15, 0.2) is 42.1 Å². The van der Waals surface area contributed by atoms with Crippen molar-refractivity contribution in [2.75, 3.05) is 6.54 Å². The SMILES string of the molecule is CC(C)=CC(=O)NCCc1c[nH]c2ccccc12. The van der Waals surface area contributed by atoms with Crippen LogP contribution in [0.2, 0.25) is 0 Å². The van der Waals surface area contributed by atoms with E-state index in [0.717, 1.165) is 17.5 Å². The van der Waals surface area contributed by atoms with Gasteiger partial charge in [0.05, 0.1) is 0 Å². The second-order valence-corrected chi connectivity index (χ2v) is 4.62. The maximum Gasteiger partial charge on any atom is 0.243 e. The molecule has 1 heterocycles. The van der Waals surface area contributed by atoms with Crippen LogP contribution in [0.25, 0.3) is 10.9 Å². The summed E-state index contributed by atoms with van der Waals surface area (Å²) in [5.74, 6) is -0.0187. The molecule has 3 heteroatoms. The number of aromatic amines is 1. The number of para-hydroxylation sites is 1. The highest BCUT2D eigenvalue weighted by Crippen LogP contribution is 2.17. The molecular formula is C15H18N2O. The van der Waals surface area contributed by atoms with Crippen molar-refractivity contribution >= 4 is 16.8 Å². The molecule has 0 saturated carbocycles. The van der Waals surface area contributed by atoms with Crippen molar-refractivity contribution < 1.29 is 4.79 Å². The van der Waals surface area contributed by atoms with Gasteiger partial charge in [0, 0.05) is 29.7 Å². The van der Waals surface area contributed by atoms with Crippen LogP contribution < -0.4 is 5.32 Å². The molecule has 2 N–H and O–H groups in total. The number of allylic oxidation sites excluding steroid dienone is 1. The van der Waals surface area contributed by atoms with E-state index < -0.39 is 0 Å². The lowest BCUT2D eigenvalue weighted by molar-refractivity contribution is -0.116. The first kappa shape index (κ1) is 12.4. The fourth-order valence-electron chi connectivity index (χ4n) is 1.97. The van der Waals surface area contributed by atoms with Crippen molar-refractivity contribution in [3.05, 3.63) is 47.7 Å². The van der Waals surface area contributed by atoms with Crippen molar-refractivity contribution in [2.24, 2.45) is 0 Å². The lowest BCUT2D eigenvalue weighted by Gasteiger charge is -2.02. The van der Waals surface area contributed by atoms with Gasteiger partial charge in [-0.2, -0.15) is 0 Å². The van der Waals surface area contributed by atoms with Gasteiger partial charge < -0.3 is 10.3 Å². The molecule has 1 aromatic heterocycles. The van der Waals surface area contributed by atoms with Gasteiger partial charge in [-0.05, 0) is 31.9 Å². The zero-order valence-corrected chi connectivity index (χ0v) is 10.8. The maximum atomic E-state index is 11.5. The summed E-state index contributed by atoms with van der Waals surface area (Å²) in [5, 5.41) is 4.12. The monoisotopic (exact) mass is 242 g/mol. The van der Waals surface area contributed by atoms with E-state index in [2.05, 4.69) is 22.4 Å². The average molecular weight is 242 g/mol. The highest BCUT2D eigenvalue weighted by atomic mass is 16.1. The Balaban J connectivity index is 1.95. The molecule has 3 nitrogen and oxygen atoms in total. The molecule has 94 valence electrons. The van der Waals surface area contributed by atoms with Gasteiger partial charge in [0.1, 0.15) is 0 Å². The quantitative estimate of drug-likeness (QED) is 0.796. The zero-order valence-electron chi connectivity index (χ0n) is 10.8. The van der Waals surface area contributed by atoms with Gasteiger partial charge in [-0.3, -0.25) is 4.79 Å². The number of amides is 1. The second kappa shape index (κ2) is 5.54. The van der Waals surface area contributed by atoms with Crippen LogP contribution in [0.1, 0.15) is 19.4 Å². The Morgan fingerprint density at radius 2 is 2.11 bits per heavy atom. The van der Waals surface area contributed by atoms with E-state index >= 15 is 0 Å². The van der Waals surface area contributed by atoms with Gasteiger partial charge in [0.25, 0.3) is 0 Å². The summed E-state index contributed by atoms with van der Waals surface area (Å²) in [6.07, 6.45) is 4.47. The largest absolute Gasteiger partial charge is 0.361 e. The van der Waals surface area contributed by atoms with Gasteiger partial charge in [-0.15, -0.1) is 0 Å². The molecule has 0 aliphatic carbocycles. The molecule has 0 aliphatic rings. The van der Waals surface area contributed by atoms with Gasteiger partial charge in [-0.1, -0.05) is 23.8 Å². The third-order valence-corrected chi connectivity index (χ3v) is 2.79. The fraction of sp³-hybridized carbons (Fsp3) is 0.267. The minimum absolute atomic E-state index is 0.0187. The van der Waals surface area contributed by atoms with Gasteiger partial charge in [-0.25, -0.2) is 0 Å². The Morgan fingerprint density at radius 3 is 2.89 bits per heavy atom. The topological polar surface area (TPSA) is 44.9 Å². The molecule has 0 bridgehead atoms. The molecule has 0 unspecified atom stereocenters. The number of hydrogen-bond acceptors (Lipinski definition) is 1. The Labute approximate surface area is 107 Å². The third kappa shape index (κ3) is 3.00. The van der Waals surface area contributed by atoms with E-state index in [0.29, 0.717) is 6.54 Å². The number of H-pyrrole nitrogens is 1. The van der Waals surface area contributed by atoms with Crippen molar-refractivity contribution in [1.29, 1.82) is 0 Å². The number of aromatic nitrogens is 1. The normalized spacial score (nSPS) is 10.3. The molecule has 0 saturated heterocycles. The minimum atomic E-state index is -0.0187. The molecular weight excluding hydrogens is 224 g/mol. The predicted octanol–water partition coefficient (Wildman–Crippen LogP) is 2.79. The van der Waals surface area contributed by atoms with E-state index in [1.165, 1.54) is 10.9 Å². The van der Waals surface area contributed by atoms with Crippen LogP contribution in [-0.2, 0) is 11.2 Å². The van der Waals surface area contributed by atoms with Crippen molar-refractivity contribution in [1.82, 2.24) is 10.3 Å². The van der Waals surface area contributed by atoms with Crippen molar-refractivity contribution in [2.45, 2.75) is 20.3 Å². The minimum Gasteiger partial charge on any atom is -0.361 e. The second-order valence-electron chi connectivity index (χ2n) is 4.62. The Kier molecular flexibility index (Phi) is 3.82. The summed E-state index contributed by atoms with van der Waals surface area (Å²) >= 11 is 0. The lowest BCUT2D eigenvalue weighted by Crippen LogP contribution is -2.23. The number of nitrogens with one attached hydrogen (secondary N) is 2. The van der Waals surface area contributed by atoms with Crippen LogP contribution in [-0.4, -0.2) is 17.4 Å². The highest BCUT2D eigenvalue weighted by Gasteiger charge is 2.03. The van der Waals surface area contributed by atoms with E-state index in [9.17, 15) is 4.79 Å². The smallest absolute Gasteiger partial charge is 0.243 e. The highest BCUT2D eigenvalue weighted by molar-refractivity contribution is 5.88. The molecule has 2 rings (SSSR count). The first-order chi connectivity index (χ1) is 8.66. The van der Waals surface area contributed by atoms with E-state index in [1.54, 1.807) is 6.08 Å². The summed E-state index contributed by atoms with van der Waals surface area (Å²) in [6, 6.07) is 8.19. The molecule has 0 spiro atoms. The van der Waals surface area contributed by atoms with Gasteiger partial charge >= 0.3 is 0 Å². The number of benzene rings is 1. The first-order valence-corrected chi connectivity index (χ1v) is 6.14. The van der Waals surface area contributed by atoms with Crippen molar-refractivity contribution in [3.8, 4) is 0 Å². The summed E-state index contributed by atoms with van der Waals surface area (Å²) in [7, 11) is 0. The Morgan fingerprint density at radius 1 is 1.33 bits per heavy atom. The molecule has 0 aliphatic heterocycles. The maximum absolute atomic E-state index is 11.5. The van der Waals surface area contributed by atoms with Crippen LogP contribution >= 0.6 is 0 Å². The van der Waals surface area contributed by atoms with E-state index in [1.807, 2.05) is 32.2 Å². The molecule has 18 heavy (non-hydrogen) atoms. The molecule has 1 aromatic carbocycles. The molecule has 0 radical (unpaired) electrons. The zero-order chi connectivity index (χ0) is 13.0. The Bertz CT molecular complexity index is 577. The average Bonchev–Trinajstić information content (AvgIpc) is 2.72. The predicted molar refractivity (Wildman–Crippen MR) is 74.4 cm³/mol. The number of hydrogen-bond donors (Lipinski definition) is 2. The van der Waals surface area contributed by atoms with Crippen LogP contribution in [0.5, 0.6) is 0 Å². The van der Waals surface area contributed by atoms with Gasteiger partial charge in [0.15, 0.2) is 0 Å². The van der Waals surface area contributed by atoms with Crippen molar-refractivity contribution in [3.63, 3.8) is 0 Å². The molecule has 0 fully saturated rings. The summed E-state index contributed by atoms with van der Waals surface area (Å²) in [5.41, 5.74) is 3.39. The number of fused-ring (bicyclic) bond motifs is 1. The van der Waals surface area contributed by atoms with E-state index in [-0.39, 0.29) is 5.91 Å². The number of rotatable bonds is 4. The van der Waals surface area contributed by atoms with E-state index in [4.69, 9.17) is 0 Å². The number of carbonyl (C=O) groups is 1. The lowest BCUT2D eigenvalue weighted by atomic mass is 10.1. The molecule has 1 amide bonds. The fourth-order valence-corrected chi connectivity index (χ4v) is 1.97. The molecule has 2 aromatic rings. The Hall–Kier alpha value is -2.03. The summed E-state index contributed by atoms with van der Waals surface area (Å²) in [6.45, 7) is 4.49. The third-order valence-electron chi connectivity index (χ3n) is 2.79. The van der Waals surface area contributed by atoms with Gasteiger partial charge in [0.2, 0.25) is 5.91 Å². The van der Waals surface area contributed by atoms with Crippen LogP contribution in [0, 0.1) is 0 Å². The standard InChI is InChI=1S/C15H18N2O/c1-11(2)9-15(18)16-8-7-12-10-17-14-6-4-3-5-13(12)14/h3-6,9-10,17H,7-8H2,1-2H3,(H,16,18). The first-order valence-electron chi connectivity index (χ1n) is 6.14. The number of carbonyl (C=O) groups excluding carboxylic acids is 1. The van der Waals surface area contributed by atoms with Crippen LogP contribution in [0.4, 0.5) is 0 Å². The summed E-state index contributed by atoms with van der Waals surface area (Å²) in [4.78, 5) is 14.7.